The molecule has 0 amide bonds. The molecule has 0 fully saturated rings. The summed E-state index contributed by atoms with van der Waals surface area (Å²) in [5.41, 5.74) is 2.03. The zero-order valence-electron chi connectivity index (χ0n) is 11.7. The number of anilines is 1. The molecule has 0 aliphatic heterocycles. The Morgan fingerprint density at radius 2 is 1.71 bits per heavy atom. The van der Waals surface area contributed by atoms with Crippen LogP contribution in [0.3, 0.4) is 0 Å². The molecular weight excluding hydrogens is 304 g/mol. The van der Waals surface area contributed by atoms with E-state index in [9.17, 15) is 8.42 Å². The van der Waals surface area contributed by atoms with Crippen LogP contribution in [-0.2, 0) is 17.1 Å². The molecule has 6 heteroatoms. The molecule has 0 saturated heterocycles. The van der Waals surface area contributed by atoms with Crippen molar-refractivity contribution in [3.8, 4) is 0 Å². The van der Waals surface area contributed by atoms with E-state index in [2.05, 4.69) is 4.72 Å². The number of rotatable bonds is 3. The highest BCUT2D eigenvalue weighted by Crippen LogP contribution is 2.25. The molecular formula is C15H15N2O2S2+. The maximum absolute atomic E-state index is 12.4. The van der Waals surface area contributed by atoms with Crippen LogP contribution in [0.5, 0.6) is 0 Å². The number of nitrogens with zero attached hydrogens (tertiary/aromatic N) is 1. The zero-order chi connectivity index (χ0) is 15.0. The second-order valence-corrected chi connectivity index (χ2v) is 7.57. The molecule has 1 N–H and O–H groups in total. The van der Waals surface area contributed by atoms with Crippen molar-refractivity contribution in [2.75, 3.05) is 4.72 Å². The first kappa shape index (κ1) is 14.0. The number of para-hydroxylation sites is 1. The van der Waals surface area contributed by atoms with Crippen LogP contribution in [0.25, 0.3) is 10.2 Å². The van der Waals surface area contributed by atoms with Crippen molar-refractivity contribution in [1.82, 2.24) is 0 Å². The van der Waals surface area contributed by atoms with E-state index < -0.39 is 10.0 Å². The Morgan fingerprint density at radius 1 is 1.05 bits per heavy atom. The number of aryl methyl sites for hydroxylation is 2. The molecule has 1 aromatic heterocycles. The third-order valence-corrected chi connectivity index (χ3v) is 5.91. The van der Waals surface area contributed by atoms with Gasteiger partial charge in [-0.15, -0.1) is 0 Å². The molecule has 21 heavy (non-hydrogen) atoms. The van der Waals surface area contributed by atoms with Gasteiger partial charge in [0, 0.05) is 0 Å². The smallest absolute Gasteiger partial charge is 0.219 e. The molecule has 108 valence electrons. The summed E-state index contributed by atoms with van der Waals surface area (Å²) in [5.74, 6) is 0. The summed E-state index contributed by atoms with van der Waals surface area (Å²) in [4.78, 5) is 0.269. The van der Waals surface area contributed by atoms with Gasteiger partial charge >= 0.3 is 15.2 Å². The summed E-state index contributed by atoms with van der Waals surface area (Å²) in [6, 6.07) is 14.6. The van der Waals surface area contributed by atoms with Crippen LogP contribution >= 0.6 is 11.3 Å². The van der Waals surface area contributed by atoms with Crippen LogP contribution in [0.1, 0.15) is 5.56 Å². The molecule has 2 aromatic carbocycles. The van der Waals surface area contributed by atoms with Crippen molar-refractivity contribution in [2.45, 2.75) is 11.8 Å². The minimum Gasteiger partial charge on any atom is -0.219 e. The number of fused-ring (bicyclic) bond motifs is 1. The molecule has 1 heterocycles. The molecule has 0 saturated carbocycles. The lowest BCUT2D eigenvalue weighted by Crippen LogP contribution is -2.31. The monoisotopic (exact) mass is 319 g/mol. The van der Waals surface area contributed by atoms with E-state index in [1.165, 1.54) is 11.3 Å². The summed E-state index contributed by atoms with van der Waals surface area (Å²) in [5, 5.41) is 0.594. The predicted molar refractivity (Wildman–Crippen MR) is 85.0 cm³/mol. The average Bonchev–Trinajstić information content (AvgIpc) is 2.76. The lowest BCUT2D eigenvalue weighted by Gasteiger charge is -2.01. The molecule has 0 aliphatic carbocycles. The third-order valence-electron chi connectivity index (χ3n) is 3.29. The van der Waals surface area contributed by atoms with Gasteiger partial charge < -0.3 is 0 Å². The van der Waals surface area contributed by atoms with Gasteiger partial charge in [0.2, 0.25) is 0 Å². The molecule has 0 unspecified atom stereocenters. The fourth-order valence-electron chi connectivity index (χ4n) is 2.08. The summed E-state index contributed by atoms with van der Waals surface area (Å²) < 4.78 is 30.4. The van der Waals surface area contributed by atoms with E-state index in [0.717, 1.165) is 15.8 Å². The van der Waals surface area contributed by atoms with Crippen molar-refractivity contribution < 1.29 is 13.0 Å². The Hall–Kier alpha value is -1.92. The van der Waals surface area contributed by atoms with E-state index >= 15 is 0 Å². The van der Waals surface area contributed by atoms with Crippen LogP contribution in [0.4, 0.5) is 5.13 Å². The number of benzene rings is 2. The fourth-order valence-corrected chi connectivity index (χ4v) is 4.46. The van der Waals surface area contributed by atoms with Crippen LogP contribution in [-0.4, -0.2) is 8.42 Å². The largest absolute Gasteiger partial charge is 0.350 e. The van der Waals surface area contributed by atoms with Crippen LogP contribution < -0.4 is 9.29 Å². The van der Waals surface area contributed by atoms with Gasteiger partial charge in [0.15, 0.2) is 0 Å². The normalized spacial score (nSPS) is 11.7. The summed E-state index contributed by atoms with van der Waals surface area (Å²) >= 11 is 1.42. The molecule has 0 aliphatic rings. The molecule has 0 bridgehead atoms. The zero-order valence-corrected chi connectivity index (χ0v) is 13.3. The highest BCUT2D eigenvalue weighted by Gasteiger charge is 2.24. The van der Waals surface area contributed by atoms with Crippen molar-refractivity contribution >= 4 is 36.7 Å². The van der Waals surface area contributed by atoms with Gasteiger partial charge in [-0.1, -0.05) is 29.8 Å². The SMILES string of the molecule is Cc1ccc(S(=O)(=O)Nc2sc3ccccc3[n+]2C)cc1. The maximum atomic E-state index is 12.4. The van der Waals surface area contributed by atoms with Gasteiger partial charge in [0.05, 0.1) is 11.7 Å². The molecule has 4 nitrogen and oxygen atoms in total. The van der Waals surface area contributed by atoms with Crippen molar-refractivity contribution in [3.05, 3.63) is 54.1 Å². The average molecular weight is 319 g/mol. The van der Waals surface area contributed by atoms with Crippen molar-refractivity contribution in [3.63, 3.8) is 0 Å². The van der Waals surface area contributed by atoms with Crippen molar-refractivity contribution in [2.24, 2.45) is 7.05 Å². The Balaban J connectivity index is 2.01. The first-order valence-corrected chi connectivity index (χ1v) is 8.74. The van der Waals surface area contributed by atoms with Gasteiger partial charge in [-0.3, -0.25) is 0 Å². The number of thiazole rings is 1. The summed E-state index contributed by atoms with van der Waals surface area (Å²) in [6.07, 6.45) is 0. The summed E-state index contributed by atoms with van der Waals surface area (Å²) in [7, 11) is -1.71. The number of nitrogens with one attached hydrogen (secondary N) is 1. The first-order chi connectivity index (χ1) is 9.97. The standard InChI is InChI=1S/C15H14N2O2S2/c1-11-7-9-12(10-8-11)21(18,19)16-15-17(2)13-5-3-4-6-14(13)20-15/h3-10H,1-2H3/p+1. The molecule has 0 atom stereocenters. The van der Waals surface area contributed by atoms with E-state index in [-0.39, 0.29) is 4.90 Å². The van der Waals surface area contributed by atoms with Gasteiger partial charge in [-0.2, -0.15) is 13.1 Å². The topological polar surface area (TPSA) is 50.1 Å². The number of aromatic nitrogens is 1. The number of hydrogen-bond donors (Lipinski definition) is 1. The van der Waals surface area contributed by atoms with Crippen LogP contribution in [0.2, 0.25) is 0 Å². The fraction of sp³-hybridized carbons (Fsp3) is 0.133. The molecule has 3 rings (SSSR count). The van der Waals surface area contributed by atoms with E-state index in [4.69, 9.17) is 0 Å². The minimum atomic E-state index is -3.56. The lowest BCUT2D eigenvalue weighted by atomic mass is 10.2. The second-order valence-electron chi connectivity index (χ2n) is 4.85. The van der Waals surface area contributed by atoms with E-state index in [1.54, 1.807) is 24.3 Å². The Bertz CT molecular complexity index is 897. The molecule has 0 spiro atoms. The van der Waals surface area contributed by atoms with E-state index in [1.807, 2.05) is 42.8 Å². The Morgan fingerprint density at radius 3 is 2.38 bits per heavy atom. The number of hydrogen-bond acceptors (Lipinski definition) is 3. The van der Waals surface area contributed by atoms with Crippen molar-refractivity contribution in [1.29, 1.82) is 0 Å². The van der Waals surface area contributed by atoms with Gasteiger partial charge in [0.25, 0.3) is 0 Å². The molecule has 3 aromatic rings. The Kier molecular flexibility index (Phi) is 3.43. The first-order valence-electron chi connectivity index (χ1n) is 6.44. The Labute approximate surface area is 127 Å². The minimum absolute atomic E-state index is 0.269. The predicted octanol–water partition coefficient (Wildman–Crippen LogP) is 2.84. The van der Waals surface area contributed by atoms with Gasteiger partial charge in [-0.05, 0) is 42.5 Å². The highest BCUT2D eigenvalue weighted by molar-refractivity contribution is 7.93. The molecule has 0 radical (unpaired) electrons. The van der Waals surface area contributed by atoms with Crippen LogP contribution in [0, 0.1) is 6.92 Å². The van der Waals surface area contributed by atoms with Gasteiger partial charge in [-0.25, -0.2) is 4.57 Å². The number of sulfonamides is 1. The van der Waals surface area contributed by atoms with Gasteiger partial charge in [0.1, 0.15) is 10.4 Å². The highest BCUT2D eigenvalue weighted by atomic mass is 32.2. The second kappa shape index (κ2) is 5.13. The third kappa shape index (κ3) is 2.64. The maximum Gasteiger partial charge on any atom is 0.350 e. The van der Waals surface area contributed by atoms with E-state index in [0.29, 0.717) is 5.13 Å². The summed E-state index contributed by atoms with van der Waals surface area (Å²) in [6.45, 7) is 1.93. The van der Waals surface area contributed by atoms with Crippen LogP contribution in [0.15, 0.2) is 53.4 Å². The quantitative estimate of drug-likeness (QED) is 0.755. The lowest BCUT2D eigenvalue weighted by molar-refractivity contribution is -0.626.